The lowest BCUT2D eigenvalue weighted by Crippen LogP contribution is -2.15. The van der Waals surface area contributed by atoms with E-state index < -0.39 is 0 Å². The molecule has 1 atom stereocenters. The van der Waals surface area contributed by atoms with Crippen molar-refractivity contribution >= 4 is 5.97 Å². The Hall–Kier alpha value is -1.35. The Bertz CT molecular complexity index is 415. The van der Waals surface area contributed by atoms with Gasteiger partial charge >= 0.3 is 5.97 Å². The number of carbonyl (C=O) groups is 1. The molecular formula is C16H24O3. The van der Waals surface area contributed by atoms with Crippen LogP contribution in [0.25, 0.3) is 0 Å². The molecule has 0 spiro atoms. The number of esters is 1. The van der Waals surface area contributed by atoms with Gasteiger partial charge in [0.15, 0.2) is 0 Å². The first-order chi connectivity index (χ1) is 8.99. The zero-order valence-corrected chi connectivity index (χ0v) is 12.6. The van der Waals surface area contributed by atoms with Crippen molar-refractivity contribution < 1.29 is 14.3 Å². The SMILES string of the molecule is CCOC(=O)CC(OCC)c1c(C)cc(C)cc1C. The van der Waals surface area contributed by atoms with Crippen LogP contribution in [0, 0.1) is 20.8 Å². The number of hydrogen-bond acceptors (Lipinski definition) is 3. The second-order valence-electron chi connectivity index (χ2n) is 4.77. The number of benzene rings is 1. The van der Waals surface area contributed by atoms with E-state index in [9.17, 15) is 4.79 Å². The minimum atomic E-state index is -0.218. The van der Waals surface area contributed by atoms with Gasteiger partial charge in [-0.3, -0.25) is 4.79 Å². The summed E-state index contributed by atoms with van der Waals surface area (Å²) in [7, 11) is 0. The zero-order chi connectivity index (χ0) is 14.4. The van der Waals surface area contributed by atoms with Crippen LogP contribution in [-0.2, 0) is 14.3 Å². The van der Waals surface area contributed by atoms with E-state index in [1.54, 1.807) is 0 Å². The van der Waals surface area contributed by atoms with Crippen molar-refractivity contribution in [1.29, 1.82) is 0 Å². The molecule has 19 heavy (non-hydrogen) atoms. The van der Waals surface area contributed by atoms with Crippen LogP contribution in [0.15, 0.2) is 12.1 Å². The lowest BCUT2D eigenvalue weighted by atomic mass is 9.94. The molecule has 106 valence electrons. The third-order valence-corrected chi connectivity index (χ3v) is 3.09. The van der Waals surface area contributed by atoms with Gasteiger partial charge in [-0.15, -0.1) is 0 Å². The van der Waals surface area contributed by atoms with Gasteiger partial charge in [-0.25, -0.2) is 0 Å². The Morgan fingerprint density at radius 3 is 2.16 bits per heavy atom. The first-order valence-corrected chi connectivity index (χ1v) is 6.84. The molecule has 0 N–H and O–H groups in total. The van der Waals surface area contributed by atoms with Crippen LogP contribution in [0.1, 0.15) is 48.6 Å². The molecule has 0 amide bonds. The lowest BCUT2D eigenvalue weighted by molar-refractivity contribution is -0.146. The van der Waals surface area contributed by atoms with Crippen molar-refractivity contribution in [3.63, 3.8) is 0 Å². The Kier molecular flexibility index (Phi) is 6.03. The van der Waals surface area contributed by atoms with Crippen LogP contribution in [0.3, 0.4) is 0 Å². The summed E-state index contributed by atoms with van der Waals surface area (Å²) in [6, 6.07) is 4.25. The molecule has 0 aromatic heterocycles. The topological polar surface area (TPSA) is 35.5 Å². The summed E-state index contributed by atoms with van der Waals surface area (Å²) in [5, 5.41) is 0. The molecular weight excluding hydrogens is 240 g/mol. The largest absolute Gasteiger partial charge is 0.466 e. The first kappa shape index (κ1) is 15.7. The van der Waals surface area contributed by atoms with Gasteiger partial charge in [-0.05, 0) is 51.3 Å². The highest BCUT2D eigenvalue weighted by molar-refractivity contribution is 5.70. The van der Waals surface area contributed by atoms with Gasteiger partial charge in [0.05, 0.1) is 19.1 Å². The fourth-order valence-electron chi connectivity index (χ4n) is 2.52. The number of aryl methyl sites for hydroxylation is 3. The fourth-order valence-corrected chi connectivity index (χ4v) is 2.52. The highest BCUT2D eigenvalue weighted by Crippen LogP contribution is 2.29. The Balaban J connectivity index is 3.02. The lowest BCUT2D eigenvalue weighted by Gasteiger charge is -2.21. The van der Waals surface area contributed by atoms with Gasteiger partial charge in [0.2, 0.25) is 0 Å². The summed E-state index contributed by atoms with van der Waals surface area (Å²) in [6.45, 7) is 10.9. The maximum Gasteiger partial charge on any atom is 0.308 e. The molecule has 1 aromatic carbocycles. The van der Waals surface area contributed by atoms with E-state index >= 15 is 0 Å². The van der Waals surface area contributed by atoms with Crippen molar-refractivity contribution in [3.05, 3.63) is 34.4 Å². The standard InChI is InChI=1S/C16H24O3/c1-6-18-14(10-15(17)19-7-2)16-12(4)8-11(3)9-13(16)5/h8-9,14H,6-7,10H2,1-5H3. The molecule has 0 heterocycles. The smallest absolute Gasteiger partial charge is 0.308 e. The Morgan fingerprint density at radius 1 is 1.11 bits per heavy atom. The maximum atomic E-state index is 11.7. The Morgan fingerprint density at radius 2 is 1.68 bits per heavy atom. The summed E-state index contributed by atoms with van der Waals surface area (Å²) in [5.74, 6) is -0.208. The summed E-state index contributed by atoms with van der Waals surface area (Å²) in [5.41, 5.74) is 4.67. The van der Waals surface area contributed by atoms with Crippen molar-refractivity contribution in [2.24, 2.45) is 0 Å². The average Bonchev–Trinajstić information content (AvgIpc) is 2.27. The van der Waals surface area contributed by atoms with Crippen LogP contribution in [-0.4, -0.2) is 19.2 Å². The first-order valence-electron chi connectivity index (χ1n) is 6.84. The molecule has 0 radical (unpaired) electrons. The van der Waals surface area contributed by atoms with Crippen LogP contribution < -0.4 is 0 Å². The minimum Gasteiger partial charge on any atom is -0.466 e. The molecule has 0 saturated carbocycles. The predicted octanol–water partition coefficient (Wildman–Crippen LogP) is 3.64. The molecule has 3 nitrogen and oxygen atoms in total. The van der Waals surface area contributed by atoms with E-state index in [0.29, 0.717) is 13.2 Å². The summed E-state index contributed by atoms with van der Waals surface area (Å²) in [6.07, 6.45) is 0.0523. The molecule has 0 bridgehead atoms. The average molecular weight is 264 g/mol. The molecule has 0 saturated heterocycles. The van der Waals surface area contributed by atoms with E-state index in [-0.39, 0.29) is 18.5 Å². The molecule has 0 aliphatic heterocycles. The number of rotatable bonds is 6. The number of carbonyl (C=O) groups excluding carboxylic acids is 1. The van der Waals surface area contributed by atoms with Gasteiger partial charge in [-0.1, -0.05) is 17.7 Å². The molecule has 1 unspecified atom stereocenters. The van der Waals surface area contributed by atoms with E-state index in [0.717, 1.165) is 5.56 Å². The normalized spacial score (nSPS) is 12.3. The highest BCUT2D eigenvalue weighted by Gasteiger charge is 2.21. The predicted molar refractivity (Wildman–Crippen MR) is 76.3 cm³/mol. The molecule has 1 rings (SSSR count). The van der Waals surface area contributed by atoms with E-state index in [1.807, 2.05) is 13.8 Å². The minimum absolute atomic E-state index is 0.208. The maximum absolute atomic E-state index is 11.7. The van der Waals surface area contributed by atoms with Gasteiger partial charge in [0, 0.05) is 6.61 Å². The van der Waals surface area contributed by atoms with Crippen LogP contribution in [0.4, 0.5) is 0 Å². The second-order valence-corrected chi connectivity index (χ2v) is 4.77. The number of hydrogen-bond donors (Lipinski definition) is 0. The Labute approximate surface area is 115 Å². The molecule has 0 fully saturated rings. The molecule has 0 aliphatic carbocycles. The molecule has 3 heteroatoms. The van der Waals surface area contributed by atoms with Crippen molar-refractivity contribution in [2.45, 2.75) is 47.1 Å². The third kappa shape index (κ3) is 4.35. The quantitative estimate of drug-likeness (QED) is 0.736. The number of ether oxygens (including phenoxy) is 2. The summed E-state index contributed by atoms with van der Waals surface area (Å²) in [4.78, 5) is 11.7. The van der Waals surface area contributed by atoms with E-state index in [1.165, 1.54) is 16.7 Å². The summed E-state index contributed by atoms with van der Waals surface area (Å²) >= 11 is 0. The van der Waals surface area contributed by atoms with Gasteiger partial charge in [-0.2, -0.15) is 0 Å². The third-order valence-electron chi connectivity index (χ3n) is 3.09. The monoisotopic (exact) mass is 264 g/mol. The zero-order valence-electron chi connectivity index (χ0n) is 12.6. The van der Waals surface area contributed by atoms with E-state index in [4.69, 9.17) is 9.47 Å². The van der Waals surface area contributed by atoms with Crippen LogP contribution >= 0.6 is 0 Å². The fraction of sp³-hybridized carbons (Fsp3) is 0.562. The van der Waals surface area contributed by atoms with Crippen molar-refractivity contribution in [3.8, 4) is 0 Å². The van der Waals surface area contributed by atoms with Crippen LogP contribution in [0.5, 0.6) is 0 Å². The van der Waals surface area contributed by atoms with E-state index in [2.05, 4.69) is 32.9 Å². The molecule has 1 aromatic rings. The molecule has 0 aliphatic rings. The van der Waals surface area contributed by atoms with Crippen LogP contribution in [0.2, 0.25) is 0 Å². The van der Waals surface area contributed by atoms with Gasteiger partial charge in [0.1, 0.15) is 0 Å². The second kappa shape index (κ2) is 7.29. The summed E-state index contributed by atoms with van der Waals surface area (Å²) < 4.78 is 10.8. The highest BCUT2D eigenvalue weighted by atomic mass is 16.5. The van der Waals surface area contributed by atoms with Crippen molar-refractivity contribution in [2.75, 3.05) is 13.2 Å². The van der Waals surface area contributed by atoms with Gasteiger partial charge in [0.25, 0.3) is 0 Å². The van der Waals surface area contributed by atoms with Crippen molar-refractivity contribution in [1.82, 2.24) is 0 Å². The van der Waals surface area contributed by atoms with Gasteiger partial charge < -0.3 is 9.47 Å².